The van der Waals surface area contributed by atoms with Crippen LogP contribution in [0.4, 0.5) is 5.69 Å². The molecule has 0 fully saturated rings. The Balaban J connectivity index is 2.19. The van der Waals surface area contributed by atoms with Crippen molar-refractivity contribution in [3.8, 4) is 0 Å². The highest BCUT2D eigenvalue weighted by molar-refractivity contribution is 5.67. The largest absolute Gasteiger partial charge is 0.481 e. The quantitative estimate of drug-likeness (QED) is 0.850. The molecule has 112 valence electrons. The van der Waals surface area contributed by atoms with Gasteiger partial charge in [0.25, 0.3) is 0 Å². The minimum atomic E-state index is -0.781. The predicted octanol–water partition coefficient (Wildman–Crippen LogP) is 2.69. The molecular formula is C16H21N3O2. The van der Waals surface area contributed by atoms with Crippen molar-refractivity contribution in [3.63, 3.8) is 0 Å². The molecule has 0 saturated carbocycles. The molecule has 1 N–H and O–H groups in total. The van der Waals surface area contributed by atoms with Gasteiger partial charge in [-0.15, -0.1) is 0 Å². The van der Waals surface area contributed by atoms with Crippen molar-refractivity contribution in [2.24, 2.45) is 0 Å². The highest BCUT2D eigenvalue weighted by atomic mass is 16.4. The first-order valence-electron chi connectivity index (χ1n) is 7.12. The second-order valence-electron chi connectivity index (χ2n) is 5.07. The van der Waals surface area contributed by atoms with E-state index in [0.29, 0.717) is 13.1 Å². The molecule has 0 amide bonds. The summed E-state index contributed by atoms with van der Waals surface area (Å²) in [6, 6.07) is 8.15. The molecular weight excluding hydrogens is 266 g/mol. The van der Waals surface area contributed by atoms with E-state index in [9.17, 15) is 4.79 Å². The zero-order chi connectivity index (χ0) is 15.2. The van der Waals surface area contributed by atoms with Crippen LogP contribution in [0, 0.1) is 6.92 Å². The zero-order valence-corrected chi connectivity index (χ0v) is 12.5. The number of aliphatic carboxylic acids is 1. The lowest BCUT2D eigenvalue weighted by Crippen LogP contribution is -2.26. The molecule has 0 spiro atoms. The molecule has 5 nitrogen and oxygen atoms in total. The van der Waals surface area contributed by atoms with Crippen LogP contribution in [0.15, 0.2) is 36.8 Å². The van der Waals surface area contributed by atoms with Crippen molar-refractivity contribution in [2.45, 2.75) is 33.4 Å². The molecule has 1 heterocycles. The topological polar surface area (TPSA) is 58.4 Å². The Morgan fingerprint density at radius 1 is 1.33 bits per heavy atom. The number of carboxylic acids is 1. The van der Waals surface area contributed by atoms with Crippen LogP contribution in [0.5, 0.6) is 0 Å². The number of aromatic nitrogens is 2. The molecule has 1 aromatic heterocycles. The lowest BCUT2D eigenvalue weighted by molar-refractivity contribution is -0.136. The van der Waals surface area contributed by atoms with Crippen LogP contribution in [-0.4, -0.2) is 27.2 Å². The van der Waals surface area contributed by atoms with Crippen molar-refractivity contribution in [2.75, 3.05) is 11.4 Å². The first-order valence-corrected chi connectivity index (χ1v) is 7.12. The van der Waals surface area contributed by atoms with Crippen molar-refractivity contribution >= 4 is 11.7 Å². The summed E-state index contributed by atoms with van der Waals surface area (Å²) < 4.78 is 2.07. The van der Waals surface area contributed by atoms with Crippen LogP contribution in [0.3, 0.4) is 0 Å². The van der Waals surface area contributed by atoms with Crippen molar-refractivity contribution < 1.29 is 9.90 Å². The molecule has 0 aliphatic rings. The third kappa shape index (κ3) is 4.08. The summed E-state index contributed by atoms with van der Waals surface area (Å²) in [6.45, 7) is 6.10. The lowest BCUT2D eigenvalue weighted by atomic mass is 10.2. The molecule has 2 aromatic rings. The molecule has 0 bridgehead atoms. The summed E-state index contributed by atoms with van der Waals surface area (Å²) >= 11 is 0. The van der Waals surface area contributed by atoms with Crippen LogP contribution >= 0.6 is 0 Å². The normalized spacial score (nSPS) is 10.6. The van der Waals surface area contributed by atoms with Gasteiger partial charge in [-0.05, 0) is 26.0 Å². The molecule has 0 atom stereocenters. The average molecular weight is 287 g/mol. The summed E-state index contributed by atoms with van der Waals surface area (Å²) in [5, 5.41) is 8.94. The summed E-state index contributed by atoms with van der Waals surface area (Å²) in [4.78, 5) is 17.1. The van der Waals surface area contributed by atoms with E-state index in [-0.39, 0.29) is 6.42 Å². The van der Waals surface area contributed by atoms with E-state index in [0.717, 1.165) is 17.9 Å². The van der Waals surface area contributed by atoms with Crippen LogP contribution in [-0.2, 0) is 17.9 Å². The van der Waals surface area contributed by atoms with Crippen LogP contribution < -0.4 is 4.90 Å². The first-order chi connectivity index (χ1) is 10.1. The van der Waals surface area contributed by atoms with E-state index in [1.165, 1.54) is 5.56 Å². The Bertz CT molecular complexity index is 590. The van der Waals surface area contributed by atoms with E-state index in [1.807, 2.05) is 37.4 Å². The fraction of sp³-hybridized carbons (Fsp3) is 0.375. The van der Waals surface area contributed by atoms with Gasteiger partial charge < -0.3 is 14.6 Å². The number of hydrogen-bond acceptors (Lipinski definition) is 3. The third-order valence-electron chi connectivity index (χ3n) is 3.49. The van der Waals surface area contributed by atoms with Crippen LogP contribution in [0.1, 0.15) is 24.6 Å². The number of anilines is 1. The standard InChI is InChI=1S/C16H21N3O2/c1-3-18-12-17-10-15(18)11-19(9-8-16(20)21)14-6-4-13(2)5-7-14/h4-7,10,12H,3,8-9,11H2,1-2H3,(H,20,21). The van der Waals surface area contributed by atoms with Gasteiger partial charge in [-0.3, -0.25) is 4.79 Å². The molecule has 0 aliphatic heterocycles. The highest BCUT2D eigenvalue weighted by Gasteiger charge is 2.12. The van der Waals surface area contributed by atoms with Gasteiger partial charge in [-0.1, -0.05) is 17.7 Å². The van der Waals surface area contributed by atoms with Gasteiger partial charge in [0.2, 0.25) is 0 Å². The lowest BCUT2D eigenvalue weighted by Gasteiger charge is -2.24. The Labute approximate surface area is 124 Å². The summed E-state index contributed by atoms with van der Waals surface area (Å²) in [5.74, 6) is -0.781. The van der Waals surface area contributed by atoms with Gasteiger partial charge in [-0.2, -0.15) is 0 Å². The number of aryl methyl sites for hydroxylation is 2. The molecule has 2 rings (SSSR count). The summed E-state index contributed by atoms with van der Waals surface area (Å²) in [5.41, 5.74) is 3.31. The highest BCUT2D eigenvalue weighted by Crippen LogP contribution is 2.18. The van der Waals surface area contributed by atoms with Crippen LogP contribution in [0.25, 0.3) is 0 Å². The SMILES string of the molecule is CCn1cncc1CN(CCC(=O)O)c1ccc(C)cc1. The van der Waals surface area contributed by atoms with E-state index in [4.69, 9.17) is 5.11 Å². The minimum Gasteiger partial charge on any atom is -0.481 e. The van der Waals surface area contributed by atoms with Gasteiger partial charge in [0, 0.05) is 25.0 Å². The summed E-state index contributed by atoms with van der Waals surface area (Å²) in [6.07, 6.45) is 3.76. The number of nitrogens with zero attached hydrogens (tertiary/aromatic N) is 3. The Kier molecular flexibility index (Phi) is 4.98. The van der Waals surface area contributed by atoms with Gasteiger partial charge in [0.05, 0.1) is 25.0 Å². The number of carbonyl (C=O) groups is 1. The molecule has 5 heteroatoms. The summed E-state index contributed by atoms with van der Waals surface area (Å²) in [7, 11) is 0. The van der Waals surface area contributed by atoms with Gasteiger partial charge >= 0.3 is 5.97 Å². The molecule has 0 saturated heterocycles. The second-order valence-corrected chi connectivity index (χ2v) is 5.07. The van der Waals surface area contributed by atoms with Crippen molar-refractivity contribution in [1.29, 1.82) is 0 Å². The number of imidazole rings is 1. The maximum Gasteiger partial charge on any atom is 0.305 e. The van der Waals surface area contributed by atoms with Gasteiger partial charge in [0.15, 0.2) is 0 Å². The smallest absolute Gasteiger partial charge is 0.305 e. The average Bonchev–Trinajstić information content (AvgIpc) is 2.91. The number of carboxylic acid groups (broad SMARTS) is 1. The van der Waals surface area contributed by atoms with E-state index in [1.54, 1.807) is 6.33 Å². The van der Waals surface area contributed by atoms with E-state index >= 15 is 0 Å². The molecule has 1 aromatic carbocycles. The maximum absolute atomic E-state index is 10.9. The predicted molar refractivity (Wildman–Crippen MR) is 82.4 cm³/mol. The number of rotatable bonds is 7. The zero-order valence-electron chi connectivity index (χ0n) is 12.5. The Hall–Kier alpha value is -2.30. The number of hydrogen-bond donors (Lipinski definition) is 1. The fourth-order valence-electron chi connectivity index (χ4n) is 2.25. The van der Waals surface area contributed by atoms with Crippen molar-refractivity contribution in [3.05, 3.63) is 48.0 Å². The first kappa shape index (κ1) is 15.1. The molecule has 0 radical (unpaired) electrons. The van der Waals surface area contributed by atoms with Gasteiger partial charge in [-0.25, -0.2) is 4.98 Å². The van der Waals surface area contributed by atoms with E-state index < -0.39 is 5.97 Å². The Morgan fingerprint density at radius 2 is 2.05 bits per heavy atom. The monoisotopic (exact) mass is 287 g/mol. The third-order valence-corrected chi connectivity index (χ3v) is 3.49. The van der Waals surface area contributed by atoms with Crippen LogP contribution in [0.2, 0.25) is 0 Å². The van der Waals surface area contributed by atoms with Gasteiger partial charge in [0.1, 0.15) is 0 Å². The van der Waals surface area contributed by atoms with E-state index in [2.05, 4.69) is 21.4 Å². The fourth-order valence-corrected chi connectivity index (χ4v) is 2.25. The Morgan fingerprint density at radius 3 is 2.67 bits per heavy atom. The maximum atomic E-state index is 10.9. The molecule has 0 aliphatic carbocycles. The number of benzene rings is 1. The molecule has 0 unspecified atom stereocenters. The second kappa shape index (κ2) is 6.92. The van der Waals surface area contributed by atoms with Crippen molar-refractivity contribution in [1.82, 2.24) is 9.55 Å². The molecule has 21 heavy (non-hydrogen) atoms. The minimum absolute atomic E-state index is 0.119.